The Kier molecular flexibility index (Phi) is 7.15. The summed E-state index contributed by atoms with van der Waals surface area (Å²) in [5, 5.41) is 2.14. The second-order valence-electron chi connectivity index (χ2n) is 8.71. The molecule has 1 unspecified atom stereocenters. The van der Waals surface area contributed by atoms with Crippen molar-refractivity contribution >= 4 is 34.2 Å². The molecule has 1 aromatic heterocycles. The van der Waals surface area contributed by atoms with Crippen LogP contribution in [0.2, 0.25) is 0 Å². The van der Waals surface area contributed by atoms with Crippen LogP contribution >= 0.6 is 11.3 Å². The van der Waals surface area contributed by atoms with E-state index < -0.39 is 12.0 Å². The number of methoxy groups -OCH3 is 1. The molecule has 0 saturated carbocycles. The Balaban J connectivity index is 1.74. The molecular weight excluding hydrogens is 500 g/mol. The fourth-order valence-electron chi connectivity index (χ4n) is 4.75. The van der Waals surface area contributed by atoms with Crippen LogP contribution in [0.1, 0.15) is 37.9 Å². The first kappa shape index (κ1) is 25.5. The standard InChI is InChI=1S/C30H28N2O5S/c1-5-36-23-15-14-21(16-24(23)35-4)27-26(29(34)37-6-2)18(3)31-30-32(27)28(33)25(38-30)17-20-12-9-11-19-10-7-8-13-22(19)20/h7-17,27H,5-6H2,1-4H3/b25-17-. The lowest BCUT2D eigenvalue weighted by atomic mass is 9.95. The Labute approximate surface area is 223 Å². The summed E-state index contributed by atoms with van der Waals surface area (Å²) in [6.45, 7) is 6.11. The molecule has 8 heteroatoms. The lowest BCUT2D eigenvalue weighted by Crippen LogP contribution is -2.40. The molecule has 0 aliphatic carbocycles. The van der Waals surface area contributed by atoms with Gasteiger partial charge >= 0.3 is 5.97 Å². The van der Waals surface area contributed by atoms with Gasteiger partial charge in [-0.15, -0.1) is 0 Å². The third kappa shape index (κ3) is 4.52. The summed E-state index contributed by atoms with van der Waals surface area (Å²) in [6, 6.07) is 18.8. The number of aromatic nitrogens is 1. The van der Waals surface area contributed by atoms with Crippen LogP contribution in [0.3, 0.4) is 0 Å². The summed E-state index contributed by atoms with van der Waals surface area (Å²) in [6.07, 6.45) is 1.89. The Morgan fingerprint density at radius 2 is 1.84 bits per heavy atom. The first-order valence-electron chi connectivity index (χ1n) is 12.4. The molecule has 0 saturated heterocycles. The van der Waals surface area contributed by atoms with Crippen LogP contribution in [0.25, 0.3) is 16.8 Å². The van der Waals surface area contributed by atoms with Gasteiger partial charge in [-0.3, -0.25) is 9.36 Å². The van der Waals surface area contributed by atoms with E-state index in [1.807, 2.05) is 61.5 Å². The fraction of sp³-hybridized carbons (Fsp3) is 0.233. The molecule has 2 heterocycles. The fourth-order valence-corrected chi connectivity index (χ4v) is 5.79. The van der Waals surface area contributed by atoms with Crippen LogP contribution in [0.4, 0.5) is 0 Å². The normalized spacial score (nSPS) is 15.3. The molecule has 0 radical (unpaired) electrons. The van der Waals surface area contributed by atoms with Crippen LogP contribution in [-0.2, 0) is 9.53 Å². The maximum absolute atomic E-state index is 13.9. The van der Waals surface area contributed by atoms with Gasteiger partial charge in [0, 0.05) is 0 Å². The molecule has 0 fully saturated rings. The Morgan fingerprint density at radius 1 is 1.05 bits per heavy atom. The molecule has 4 aromatic rings. The maximum atomic E-state index is 13.9. The predicted molar refractivity (Wildman–Crippen MR) is 149 cm³/mol. The van der Waals surface area contributed by atoms with Gasteiger partial charge in [-0.05, 0) is 60.9 Å². The van der Waals surface area contributed by atoms with Gasteiger partial charge in [-0.2, -0.15) is 0 Å². The summed E-state index contributed by atoms with van der Waals surface area (Å²) in [7, 11) is 1.56. The highest BCUT2D eigenvalue weighted by atomic mass is 32.1. The molecule has 0 bridgehead atoms. The molecule has 1 atom stereocenters. The van der Waals surface area contributed by atoms with Gasteiger partial charge in [-0.25, -0.2) is 9.79 Å². The number of ether oxygens (including phenoxy) is 3. The number of thiazole rings is 1. The summed E-state index contributed by atoms with van der Waals surface area (Å²) >= 11 is 1.30. The van der Waals surface area contributed by atoms with E-state index in [-0.39, 0.29) is 12.2 Å². The number of hydrogen-bond donors (Lipinski definition) is 0. The zero-order valence-electron chi connectivity index (χ0n) is 21.7. The van der Waals surface area contributed by atoms with Crippen molar-refractivity contribution in [2.45, 2.75) is 26.8 Å². The lowest BCUT2D eigenvalue weighted by molar-refractivity contribution is -0.139. The van der Waals surface area contributed by atoms with Crippen LogP contribution in [0.5, 0.6) is 11.5 Å². The van der Waals surface area contributed by atoms with E-state index in [1.165, 1.54) is 11.3 Å². The van der Waals surface area contributed by atoms with Crippen molar-refractivity contribution < 1.29 is 19.0 Å². The number of carbonyl (C=O) groups is 1. The zero-order chi connectivity index (χ0) is 26.8. The lowest BCUT2D eigenvalue weighted by Gasteiger charge is -2.25. The van der Waals surface area contributed by atoms with Crippen LogP contribution in [0, 0.1) is 0 Å². The van der Waals surface area contributed by atoms with Crippen LogP contribution in [-0.4, -0.2) is 30.9 Å². The average molecular weight is 529 g/mol. The van der Waals surface area contributed by atoms with E-state index in [9.17, 15) is 9.59 Å². The minimum Gasteiger partial charge on any atom is -0.493 e. The van der Waals surface area contributed by atoms with Gasteiger partial charge in [-0.1, -0.05) is 59.9 Å². The number of hydrogen-bond acceptors (Lipinski definition) is 7. The number of nitrogens with zero attached hydrogens (tertiary/aromatic N) is 2. The van der Waals surface area contributed by atoms with Crippen molar-refractivity contribution in [3.8, 4) is 11.5 Å². The summed E-state index contributed by atoms with van der Waals surface area (Å²) in [4.78, 5) is 32.3. The van der Waals surface area contributed by atoms with E-state index >= 15 is 0 Å². The number of esters is 1. The molecule has 194 valence electrons. The molecule has 0 amide bonds. The second kappa shape index (κ2) is 10.7. The molecule has 38 heavy (non-hydrogen) atoms. The van der Waals surface area contributed by atoms with E-state index in [2.05, 4.69) is 4.99 Å². The molecule has 7 nitrogen and oxygen atoms in total. The molecule has 5 rings (SSSR count). The molecule has 1 aliphatic heterocycles. The highest BCUT2D eigenvalue weighted by molar-refractivity contribution is 7.07. The van der Waals surface area contributed by atoms with Gasteiger partial charge in [0.05, 0.1) is 42.2 Å². The second-order valence-corrected chi connectivity index (χ2v) is 9.72. The zero-order valence-corrected chi connectivity index (χ0v) is 22.5. The van der Waals surface area contributed by atoms with Crippen molar-refractivity contribution in [2.24, 2.45) is 4.99 Å². The van der Waals surface area contributed by atoms with Crippen molar-refractivity contribution in [2.75, 3.05) is 20.3 Å². The summed E-state index contributed by atoms with van der Waals surface area (Å²) < 4.78 is 18.8. The SMILES string of the molecule is CCOC(=O)C1=C(C)N=c2s/c(=C\c3cccc4ccccc34)c(=O)n2C1c1ccc(OCC)c(OC)c1. The van der Waals surface area contributed by atoms with Crippen molar-refractivity contribution in [3.05, 3.63) is 103 Å². The minimum atomic E-state index is -0.732. The van der Waals surface area contributed by atoms with Crippen molar-refractivity contribution in [3.63, 3.8) is 0 Å². The highest BCUT2D eigenvalue weighted by Gasteiger charge is 2.34. The number of allylic oxidation sites excluding steroid dienone is 1. The number of rotatable bonds is 7. The monoisotopic (exact) mass is 528 g/mol. The topological polar surface area (TPSA) is 79.1 Å². The first-order chi connectivity index (χ1) is 18.5. The van der Waals surface area contributed by atoms with E-state index in [1.54, 1.807) is 37.7 Å². The Morgan fingerprint density at radius 3 is 2.61 bits per heavy atom. The summed E-state index contributed by atoms with van der Waals surface area (Å²) in [5.74, 6) is 0.593. The smallest absolute Gasteiger partial charge is 0.338 e. The Hall–Kier alpha value is -4.17. The summed E-state index contributed by atoms with van der Waals surface area (Å²) in [5.41, 5.74) is 2.24. The molecule has 1 aliphatic rings. The third-order valence-corrected chi connectivity index (χ3v) is 7.41. The van der Waals surface area contributed by atoms with E-state index in [4.69, 9.17) is 14.2 Å². The predicted octanol–water partition coefficient (Wildman–Crippen LogP) is 4.36. The van der Waals surface area contributed by atoms with Gasteiger partial charge in [0.25, 0.3) is 5.56 Å². The van der Waals surface area contributed by atoms with Gasteiger partial charge in [0.15, 0.2) is 16.3 Å². The maximum Gasteiger partial charge on any atom is 0.338 e. The quantitative estimate of drug-likeness (QED) is 0.333. The number of fused-ring (bicyclic) bond motifs is 2. The van der Waals surface area contributed by atoms with Crippen molar-refractivity contribution in [1.29, 1.82) is 0 Å². The largest absolute Gasteiger partial charge is 0.493 e. The highest BCUT2D eigenvalue weighted by Crippen LogP contribution is 2.36. The van der Waals surface area contributed by atoms with Gasteiger partial charge in [0.2, 0.25) is 0 Å². The molecule has 0 N–H and O–H groups in total. The van der Waals surface area contributed by atoms with Crippen LogP contribution in [0.15, 0.2) is 81.7 Å². The number of benzene rings is 3. The first-order valence-corrected chi connectivity index (χ1v) is 13.3. The molecule has 0 spiro atoms. The minimum absolute atomic E-state index is 0.209. The van der Waals surface area contributed by atoms with Gasteiger partial charge < -0.3 is 14.2 Å². The third-order valence-electron chi connectivity index (χ3n) is 6.43. The molecule has 3 aromatic carbocycles. The van der Waals surface area contributed by atoms with Crippen molar-refractivity contribution in [1.82, 2.24) is 4.57 Å². The van der Waals surface area contributed by atoms with Crippen LogP contribution < -0.4 is 24.4 Å². The van der Waals surface area contributed by atoms with Gasteiger partial charge in [0.1, 0.15) is 0 Å². The molecular formula is C30H28N2O5S. The number of carbonyl (C=O) groups excluding carboxylic acids is 1. The van der Waals surface area contributed by atoms with E-state index in [0.29, 0.717) is 44.3 Å². The Bertz CT molecular complexity index is 1740. The van der Waals surface area contributed by atoms with E-state index in [0.717, 1.165) is 16.3 Å². The average Bonchev–Trinajstić information content (AvgIpc) is 3.22.